The van der Waals surface area contributed by atoms with Crippen molar-refractivity contribution >= 4 is 5.65 Å². The van der Waals surface area contributed by atoms with Gasteiger partial charge in [-0.2, -0.15) is 0 Å². The minimum Gasteiger partial charge on any atom is -0.392 e. The molecule has 0 bridgehead atoms. The number of aliphatic hydroxyl groups excluding tert-OH is 1. The second kappa shape index (κ2) is 7.64. The van der Waals surface area contributed by atoms with Crippen molar-refractivity contribution in [3.8, 4) is 0 Å². The quantitative estimate of drug-likeness (QED) is 0.885. The number of hydrogen-bond donors (Lipinski definition) is 1. The van der Waals surface area contributed by atoms with Crippen LogP contribution in [0.2, 0.25) is 0 Å². The summed E-state index contributed by atoms with van der Waals surface area (Å²) >= 11 is 0. The van der Waals surface area contributed by atoms with Crippen LogP contribution in [0.3, 0.4) is 0 Å². The molecule has 3 heterocycles. The molecule has 0 saturated carbocycles. The Balaban J connectivity index is 1.73. The first-order valence-electron chi connectivity index (χ1n) is 9.09. The van der Waals surface area contributed by atoms with E-state index >= 15 is 0 Å². The normalized spacial score (nSPS) is 20.9. The van der Waals surface area contributed by atoms with Crippen molar-refractivity contribution in [1.82, 2.24) is 19.2 Å². The Morgan fingerprint density at radius 1 is 1.36 bits per heavy atom. The van der Waals surface area contributed by atoms with Gasteiger partial charge in [-0.25, -0.2) is 4.98 Å². The lowest BCUT2D eigenvalue weighted by Gasteiger charge is -2.41. The topological polar surface area (TPSA) is 61.1 Å². The molecule has 1 saturated heterocycles. The van der Waals surface area contributed by atoms with Gasteiger partial charge >= 0.3 is 0 Å². The highest BCUT2D eigenvalue weighted by Crippen LogP contribution is 2.15. The summed E-state index contributed by atoms with van der Waals surface area (Å²) in [6.07, 6.45) is 2.58. The Morgan fingerprint density at radius 3 is 2.88 bits per heavy atom. The van der Waals surface area contributed by atoms with Crippen LogP contribution in [-0.4, -0.2) is 62.6 Å². The fourth-order valence-corrected chi connectivity index (χ4v) is 3.64. The van der Waals surface area contributed by atoms with Crippen LogP contribution in [0.25, 0.3) is 5.65 Å². The van der Waals surface area contributed by atoms with E-state index in [1.807, 2.05) is 32.2 Å². The van der Waals surface area contributed by atoms with Gasteiger partial charge in [0, 0.05) is 51.0 Å². The predicted octanol–water partition coefficient (Wildman–Crippen LogP) is 1.28. The van der Waals surface area contributed by atoms with Gasteiger partial charge < -0.3 is 5.11 Å². The molecule has 0 spiro atoms. The predicted molar refractivity (Wildman–Crippen MR) is 98.8 cm³/mol. The van der Waals surface area contributed by atoms with E-state index in [-0.39, 0.29) is 11.7 Å². The molecule has 0 radical (unpaired) electrons. The molecule has 25 heavy (non-hydrogen) atoms. The Kier molecular flexibility index (Phi) is 5.51. The molecule has 0 aliphatic carbocycles. The zero-order chi connectivity index (χ0) is 18.0. The molecule has 1 aliphatic rings. The van der Waals surface area contributed by atoms with Gasteiger partial charge in [-0.05, 0) is 31.9 Å². The first-order valence-corrected chi connectivity index (χ1v) is 9.09. The number of nitrogens with zero attached hydrogens (tertiary/aromatic N) is 4. The Labute approximate surface area is 148 Å². The van der Waals surface area contributed by atoms with Crippen LogP contribution in [0, 0.1) is 6.92 Å². The van der Waals surface area contributed by atoms with Crippen molar-refractivity contribution in [2.24, 2.45) is 0 Å². The molecule has 3 rings (SSSR count). The molecule has 2 unspecified atom stereocenters. The van der Waals surface area contributed by atoms with Crippen LogP contribution in [0.15, 0.2) is 29.2 Å². The SMILES string of the molecule is CCC1CN(Cc2cc(=O)n3cc(C)ccc3n2)CCN1CC(C)O. The number of β-amino-alcohol motifs (C(OH)–C–C–N with tert-alkyl or cyclic N) is 1. The number of aliphatic hydroxyl groups is 1. The standard InChI is InChI=1S/C19H28N4O2/c1-4-17-13-21(7-8-22(17)11-15(3)24)12-16-9-19(25)23-10-14(2)5-6-18(23)20-16/h5-6,9-10,15,17,24H,4,7-8,11-13H2,1-3H3. The molecule has 1 fully saturated rings. The van der Waals surface area contributed by atoms with E-state index in [0.717, 1.165) is 43.9 Å². The summed E-state index contributed by atoms with van der Waals surface area (Å²) in [5, 5.41) is 9.67. The van der Waals surface area contributed by atoms with E-state index < -0.39 is 0 Å². The van der Waals surface area contributed by atoms with Crippen LogP contribution in [0.1, 0.15) is 31.5 Å². The molecule has 2 atom stereocenters. The molecule has 0 amide bonds. The van der Waals surface area contributed by atoms with Crippen LogP contribution in [-0.2, 0) is 6.54 Å². The summed E-state index contributed by atoms with van der Waals surface area (Å²) in [4.78, 5) is 21.7. The maximum absolute atomic E-state index is 12.4. The van der Waals surface area contributed by atoms with Crippen molar-refractivity contribution in [3.05, 3.63) is 46.0 Å². The van der Waals surface area contributed by atoms with Crippen molar-refractivity contribution in [3.63, 3.8) is 0 Å². The number of rotatable bonds is 5. The van der Waals surface area contributed by atoms with Crippen molar-refractivity contribution < 1.29 is 5.11 Å². The molecule has 6 heteroatoms. The van der Waals surface area contributed by atoms with Gasteiger partial charge in [0.15, 0.2) is 0 Å². The van der Waals surface area contributed by atoms with Crippen molar-refractivity contribution in [1.29, 1.82) is 0 Å². The van der Waals surface area contributed by atoms with Crippen LogP contribution >= 0.6 is 0 Å². The minimum absolute atomic E-state index is 0.0246. The Morgan fingerprint density at radius 2 is 2.16 bits per heavy atom. The van der Waals surface area contributed by atoms with Gasteiger partial charge in [-0.1, -0.05) is 13.0 Å². The van der Waals surface area contributed by atoms with Gasteiger partial charge in [0.05, 0.1) is 11.8 Å². The number of piperazine rings is 1. The van der Waals surface area contributed by atoms with Crippen LogP contribution in [0.4, 0.5) is 0 Å². The van der Waals surface area contributed by atoms with Crippen LogP contribution < -0.4 is 5.56 Å². The fraction of sp³-hybridized carbons (Fsp3) is 0.579. The summed E-state index contributed by atoms with van der Waals surface area (Å²) < 4.78 is 1.61. The van der Waals surface area contributed by atoms with Crippen molar-refractivity contribution in [2.75, 3.05) is 26.2 Å². The third-order valence-electron chi connectivity index (χ3n) is 4.90. The molecule has 1 N–H and O–H groups in total. The summed E-state index contributed by atoms with van der Waals surface area (Å²) in [6.45, 7) is 10.2. The number of pyridine rings is 1. The highest BCUT2D eigenvalue weighted by Gasteiger charge is 2.26. The van der Waals surface area contributed by atoms with E-state index in [1.165, 1.54) is 0 Å². The van der Waals surface area contributed by atoms with Gasteiger partial charge in [0.25, 0.3) is 5.56 Å². The zero-order valence-corrected chi connectivity index (χ0v) is 15.4. The molecule has 0 aromatic carbocycles. The minimum atomic E-state index is -0.300. The third kappa shape index (κ3) is 4.26. The molecule has 136 valence electrons. The zero-order valence-electron chi connectivity index (χ0n) is 15.4. The average molecular weight is 344 g/mol. The average Bonchev–Trinajstić information content (AvgIpc) is 2.56. The Bertz CT molecular complexity index is 787. The summed E-state index contributed by atoms with van der Waals surface area (Å²) in [7, 11) is 0. The largest absolute Gasteiger partial charge is 0.392 e. The van der Waals surface area contributed by atoms with Gasteiger partial charge in [-0.15, -0.1) is 0 Å². The second-order valence-electron chi connectivity index (χ2n) is 7.16. The number of hydrogen-bond acceptors (Lipinski definition) is 5. The molecule has 2 aromatic rings. The van der Waals surface area contributed by atoms with Gasteiger partial charge in [0.2, 0.25) is 0 Å². The summed E-state index contributed by atoms with van der Waals surface area (Å²) in [5.41, 5.74) is 2.55. The maximum atomic E-state index is 12.4. The lowest BCUT2D eigenvalue weighted by Crippen LogP contribution is -2.54. The molecule has 1 aliphatic heterocycles. The number of aryl methyl sites for hydroxylation is 1. The third-order valence-corrected chi connectivity index (χ3v) is 4.90. The van der Waals surface area contributed by atoms with Crippen LogP contribution in [0.5, 0.6) is 0 Å². The maximum Gasteiger partial charge on any atom is 0.258 e. The molecule has 6 nitrogen and oxygen atoms in total. The van der Waals surface area contributed by atoms with E-state index in [9.17, 15) is 9.90 Å². The van der Waals surface area contributed by atoms with E-state index in [0.29, 0.717) is 18.2 Å². The van der Waals surface area contributed by atoms with E-state index in [4.69, 9.17) is 0 Å². The highest BCUT2D eigenvalue weighted by atomic mass is 16.3. The van der Waals surface area contributed by atoms with Gasteiger partial charge in [-0.3, -0.25) is 19.0 Å². The van der Waals surface area contributed by atoms with Gasteiger partial charge in [0.1, 0.15) is 5.65 Å². The number of aromatic nitrogens is 2. The summed E-state index contributed by atoms with van der Waals surface area (Å²) in [5.74, 6) is 0. The summed E-state index contributed by atoms with van der Waals surface area (Å²) in [6, 6.07) is 5.96. The lowest BCUT2D eigenvalue weighted by molar-refractivity contribution is 0.0333. The lowest BCUT2D eigenvalue weighted by atomic mass is 10.1. The molecular weight excluding hydrogens is 316 g/mol. The monoisotopic (exact) mass is 344 g/mol. The van der Waals surface area contributed by atoms with E-state index in [2.05, 4.69) is 21.7 Å². The van der Waals surface area contributed by atoms with Crippen molar-refractivity contribution in [2.45, 2.75) is 45.9 Å². The molecule has 2 aromatic heterocycles. The fourth-order valence-electron chi connectivity index (χ4n) is 3.64. The Hall–Kier alpha value is -1.76. The second-order valence-corrected chi connectivity index (χ2v) is 7.16. The molecular formula is C19H28N4O2. The highest BCUT2D eigenvalue weighted by molar-refractivity contribution is 5.39. The smallest absolute Gasteiger partial charge is 0.258 e. The van der Waals surface area contributed by atoms with E-state index in [1.54, 1.807) is 10.5 Å². The first kappa shape index (κ1) is 18.0. The first-order chi connectivity index (χ1) is 12.0. The number of fused-ring (bicyclic) bond motifs is 1.